The SMILES string of the molecule is COC[C@H]1c2ncc(CN3C[C@H]4CC(=O)N(c5cc(C(F)(F)F)cc(C)n5)[C@@H]4C(=O)N(C)c4cccc(C)c43)cc2CN1C(=O)O. The van der Waals surface area contributed by atoms with Crippen LogP contribution >= 0.6 is 0 Å². The van der Waals surface area contributed by atoms with Crippen LogP contribution in [-0.4, -0.2) is 71.2 Å². The van der Waals surface area contributed by atoms with E-state index in [1.54, 1.807) is 19.3 Å². The lowest BCUT2D eigenvalue weighted by atomic mass is 9.94. The molecule has 3 amide bonds. The first-order chi connectivity index (χ1) is 21.8. The second-order valence-corrected chi connectivity index (χ2v) is 12.0. The monoisotopic (exact) mass is 638 g/mol. The maximum absolute atomic E-state index is 14.1. The van der Waals surface area contributed by atoms with Crippen LogP contribution in [0.3, 0.4) is 0 Å². The van der Waals surface area contributed by atoms with Crippen LogP contribution in [0.1, 0.15) is 46.1 Å². The van der Waals surface area contributed by atoms with Crippen molar-refractivity contribution in [3.05, 3.63) is 76.2 Å². The van der Waals surface area contributed by atoms with Crippen molar-refractivity contribution in [1.82, 2.24) is 14.9 Å². The van der Waals surface area contributed by atoms with E-state index in [2.05, 4.69) is 14.9 Å². The number of para-hydroxylation sites is 1. The van der Waals surface area contributed by atoms with Crippen molar-refractivity contribution in [3.63, 3.8) is 0 Å². The Morgan fingerprint density at radius 3 is 2.61 bits per heavy atom. The van der Waals surface area contributed by atoms with E-state index >= 15 is 0 Å². The molecule has 0 unspecified atom stereocenters. The summed E-state index contributed by atoms with van der Waals surface area (Å²) >= 11 is 0. The normalized spacial score (nSPS) is 21.2. The van der Waals surface area contributed by atoms with Crippen LogP contribution in [-0.2, 0) is 33.6 Å². The number of hydrogen-bond donors (Lipinski definition) is 1. The van der Waals surface area contributed by atoms with E-state index in [0.717, 1.165) is 39.4 Å². The van der Waals surface area contributed by atoms with Crippen molar-refractivity contribution < 1.29 is 37.4 Å². The van der Waals surface area contributed by atoms with Crippen LogP contribution in [0.2, 0.25) is 0 Å². The smallest absolute Gasteiger partial charge is 0.416 e. The number of aryl methyl sites for hydroxylation is 2. The number of carbonyl (C=O) groups is 3. The molecule has 0 bridgehead atoms. The summed E-state index contributed by atoms with van der Waals surface area (Å²) in [6.07, 6.45) is -4.10. The Bertz CT molecular complexity index is 1730. The molecular weight excluding hydrogens is 605 g/mol. The zero-order chi connectivity index (χ0) is 33.1. The van der Waals surface area contributed by atoms with E-state index < -0.39 is 47.6 Å². The number of halogens is 3. The molecule has 1 N–H and O–H groups in total. The topological polar surface area (TPSA) is 119 Å². The van der Waals surface area contributed by atoms with Crippen molar-refractivity contribution in [2.45, 2.75) is 51.6 Å². The van der Waals surface area contributed by atoms with Crippen LogP contribution in [0.25, 0.3) is 0 Å². The molecule has 5 heterocycles. The number of fused-ring (bicyclic) bond motifs is 3. The maximum Gasteiger partial charge on any atom is 0.416 e. The predicted molar refractivity (Wildman–Crippen MR) is 161 cm³/mol. The lowest BCUT2D eigenvalue weighted by molar-refractivity contribution is -0.137. The summed E-state index contributed by atoms with van der Waals surface area (Å²) in [4.78, 5) is 54.4. The van der Waals surface area contributed by atoms with Crippen molar-refractivity contribution >= 4 is 35.1 Å². The number of anilines is 3. The average molecular weight is 639 g/mol. The molecule has 3 aliphatic rings. The van der Waals surface area contributed by atoms with E-state index in [1.165, 1.54) is 23.8 Å². The zero-order valence-electron chi connectivity index (χ0n) is 25.7. The van der Waals surface area contributed by atoms with Gasteiger partial charge in [0.15, 0.2) is 0 Å². The highest BCUT2D eigenvalue weighted by Gasteiger charge is 2.49. The quantitative estimate of drug-likeness (QED) is 0.428. The first-order valence-electron chi connectivity index (χ1n) is 14.7. The summed E-state index contributed by atoms with van der Waals surface area (Å²) in [6, 6.07) is 7.57. The minimum atomic E-state index is -4.66. The van der Waals surface area contributed by atoms with Gasteiger partial charge in [-0.3, -0.25) is 24.4 Å². The largest absolute Gasteiger partial charge is 0.465 e. The molecule has 3 aliphatic heterocycles. The molecule has 6 rings (SSSR count). The highest BCUT2D eigenvalue weighted by Crippen LogP contribution is 2.42. The number of rotatable bonds is 5. The minimum absolute atomic E-state index is 0.0619. The number of ether oxygens (including phenoxy) is 1. The number of pyridine rings is 2. The Balaban J connectivity index is 1.40. The molecule has 1 saturated heterocycles. The summed E-state index contributed by atoms with van der Waals surface area (Å²) in [5, 5.41) is 9.75. The summed E-state index contributed by atoms with van der Waals surface area (Å²) in [5.41, 5.74) is 3.56. The van der Waals surface area contributed by atoms with Crippen LogP contribution in [0.5, 0.6) is 0 Å². The summed E-state index contributed by atoms with van der Waals surface area (Å²) in [7, 11) is 3.10. The third-order valence-electron chi connectivity index (χ3n) is 8.91. The van der Waals surface area contributed by atoms with E-state index in [0.29, 0.717) is 17.9 Å². The van der Waals surface area contributed by atoms with Gasteiger partial charge in [-0.1, -0.05) is 12.1 Å². The molecule has 1 aromatic carbocycles. The minimum Gasteiger partial charge on any atom is -0.465 e. The predicted octanol–water partition coefficient (Wildman–Crippen LogP) is 4.70. The van der Waals surface area contributed by atoms with Gasteiger partial charge in [0.05, 0.1) is 35.8 Å². The number of likely N-dealkylation sites (N-methyl/N-ethyl adjacent to an activating group) is 1. The van der Waals surface area contributed by atoms with E-state index in [1.807, 2.05) is 25.1 Å². The molecule has 46 heavy (non-hydrogen) atoms. The van der Waals surface area contributed by atoms with Crippen molar-refractivity contribution in [2.24, 2.45) is 5.92 Å². The molecule has 0 spiro atoms. The van der Waals surface area contributed by atoms with Crippen LogP contribution in [0.4, 0.5) is 35.2 Å². The summed E-state index contributed by atoms with van der Waals surface area (Å²) in [6.45, 7) is 4.23. The number of nitrogens with zero attached hydrogens (tertiary/aromatic N) is 6. The molecule has 0 radical (unpaired) electrons. The highest BCUT2D eigenvalue weighted by atomic mass is 19.4. The number of methoxy groups -OCH3 is 1. The number of amides is 3. The third kappa shape index (κ3) is 5.40. The first kappa shape index (κ1) is 31.3. The molecular formula is C32H33F3N6O5. The number of hydrogen-bond acceptors (Lipinski definition) is 7. The van der Waals surface area contributed by atoms with Crippen LogP contribution in [0, 0.1) is 19.8 Å². The van der Waals surface area contributed by atoms with Crippen LogP contribution < -0.4 is 14.7 Å². The van der Waals surface area contributed by atoms with Gasteiger partial charge in [0.2, 0.25) is 11.8 Å². The van der Waals surface area contributed by atoms with Crippen LogP contribution in [0.15, 0.2) is 42.6 Å². The van der Waals surface area contributed by atoms with E-state index in [-0.39, 0.29) is 37.6 Å². The fraction of sp³-hybridized carbons (Fsp3) is 0.406. The van der Waals surface area contributed by atoms with Gasteiger partial charge in [0, 0.05) is 51.5 Å². The van der Waals surface area contributed by atoms with Crippen molar-refractivity contribution in [2.75, 3.05) is 42.0 Å². The zero-order valence-corrected chi connectivity index (χ0v) is 25.7. The summed E-state index contributed by atoms with van der Waals surface area (Å²) in [5.74, 6) is -1.68. The molecule has 242 valence electrons. The van der Waals surface area contributed by atoms with Gasteiger partial charge in [-0.05, 0) is 54.8 Å². The standard InChI is InChI=1S/C32H33F3N6O5/c1-17-6-5-7-23-28(17)39(13-19-9-20-15-40(31(44)45)24(16-46-4)27(20)36-12-19)14-21-10-26(42)41(29(21)30(43)38(23)3)25-11-22(32(33,34)35)8-18(2)37-25/h5-9,11-12,21,24,29H,10,13-16H2,1-4H3,(H,44,45)/t21-,24+,29+/m1/s1. The number of aromatic nitrogens is 2. The Hall–Kier alpha value is -4.72. The van der Waals surface area contributed by atoms with Crippen molar-refractivity contribution in [1.29, 1.82) is 0 Å². The molecule has 0 saturated carbocycles. The number of carboxylic acid groups (broad SMARTS) is 1. The highest BCUT2D eigenvalue weighted by molar-refractivity contribution is 6.10. The number of benzene rings is 1. The van der Waals surface area contributed by atoms with Gasteiger partial charge in [-0.2, -0.15) is 13.2 Å². The Morgan fingerprint density at radius 2 is 1.91 bits per heavy atom. The molecule has 1 fully saturated rings. The molecule has 11 nitrogen and oxygen atoms in total. The third-order valence-corrected chi connectivity index (χ3v) is 8.91. The second-order valence-electron chi connectivity index (χ2n) is 12.0. The van der Waals surface area contributed by atoms with Gasteiger partial charge >= 0.3 is 12.3 Å². The first-order valence-corrected chi connectivity index (χ1v) is 14.7. The molecule has 2 aromatic heterocycles. The van der Waals surface area contributed by atoms with Gasteiger partial charge in [-0.25, -0.2) is 9.78 Å². The van der Waals surface area contributed by atoms with Gasteiger partial charge < -0.3 is 19.6 Å². The number of carbonyl (C=O) groups excluding carboxylic acids is 2. The lowest BCUT2D eigenvalue weighted by Crippen LogP contribution is -2.52. The Kier molecular flexibility index (Phi) is 7.87. The molecule has 14 heteroatoms. The molecule has 3 atom stereocenters. The van der Waals surface area contributed by atoms with Gasteiger partial charge in [-0.15, -0.1) is 0 Å². The molecule has 3 aromatic rings. The summed E-state index contributed by atoms with van der Waals surface area (Å²) < 4.78 is 46.4. The Labute approximate surface area is 263 Å². The molecule has 0 aliphatic carbocycles. The second kappa shape index (κ2) is 11.6. The van der Waals surface area contributed by atoms with Gasteiger partial charge in [0.25, 0.3) is 0 Å². The fourth-order valence-electron chi connectivity index (χ4n) is 6.92. The number of alkyl halides is 3. The fourth-order valence-corrected chi connectivity index (χ4v) is 6.92. The Morgan fingerprint density at radius 1 is 1.15 bits per heavy atom. The average Bonchev–Trinajstić information content (AvgIpc) is 3.51. The lowest BCUT2D eigenvalue weighted by Gasteiger charge is -2.39. The van der Waals surface area contributed by atoms with E-state index in [4.69, 9.17) is 4.74 Å². The van der Waals surface area contributed by atoms with Gasteiger partial charge in [0.1, 0.15) is 17.9 Å². The maximum atomic E-state index is 14.1. The van der Waals surface area contributed by atoms with Crippen molar-refractivity contribution in [3.8, 4) is 0 Å². The van der Waals surface area contributed by atoms with E-state index in [9.17, 15) is 32.7 Å².